The Labute approximate surface area is 115 Å². The molecule has 96 valence electrons. The van der Waals surface area contributed by atoms with Gasteiger partial charge in [0.2, 0.25) is 0 Å². The number of allylic oxidation sites excluding steroid dienone is 1. The minimum Gasteiger partial charge on any atom is -0.0870 e. The Bertz CT molecular complexity index is 672. The second-order valence-corrected chi connectivity index (χ2v) is 5.89. The van der Waals surface area contributed by atoms with Crippen molar-refractivity contribution in [2.75, 3.05) is 0 Å². The molecule has 0 aromatic heterocycles. The first kappa shape index (κ1) is 12.2. The molecule has 19 heavy (non-hydrogen) atoms. The van der Waals surface area contributed by atoms with Gasteiger partial charge >= 0.3 is 0 Å². The van der Waals surface area contributed by atoms with E-state index < -0.39 is 0 Å². The third-order valence-electron chi connectivity index (χ3n) is 4.34. The van der Waals surface area contributed by atoms with Gasteiger partial charge in [-0.1, -0.05) is 62.4 Å². The molecule has 0 radical (unpaired) electrons. The maximum atomic E-state index is 2.33. The Hall–Kier alpha value is -1.82. The van der Waals surface area contributed by atoms with Crippen molar-refractivity contribution in [2.45, 2.75) is 33.1 Å². The van der Waals surface area contributed by atoms with Crippen molar-refractivity contribution >= 4 is 6.08 Å². The van der Waals surface area contributed by atoms with E-state index in [9.17, 15) is 0 Å². The second kappa shape index (κ2) is 4.09. The predicted molar refractivity (Wildman–Crippen MR) is 83.5 cm³/mol. The molecule has 0 aliphatic heterocycles. The van der Waals surface area contributed by atoms with Crippen molar-refractivity contribution in [3.05, 3.63) is 64.7 Å². The van der Waals surface area contributed by atoms with Gasteiger partial charge in [-0.2, -0.15) is 0 Å². The lowest BCUT2D eigenvalue weighted by atomic mass is 9.82. The maximum absolute atomic E-state index is 2.33. The van der Waals surface area contributed by atoms with Gasteiger partial charge in [-0.25, -0.2) is 0 Å². The van der Waals surface area contributed by atoms with Gasteiger partial charge in [-0.05, 0) is 47.2 Å². The Morgan fingerprint density at radius 3 is 2.42 bits per heavy atom. The highest BCUT2D eigenvalue weighted by Gasteiger charge is 2.36. The number of rotatable bonds is 1. The van der Waals surface area contributed by atoms with E-state index in [2.05, 4.69) is 76.2 Å². The fourth-order valence-corrected chi connectivity index (χ4v) is 3.31. The molecule has 0 atom stereocenters. The number of hydrogen-bond donors (Lipinski definition) is 0. The molecule has 0 nitrogen and oxygen atoms in total. The minimum atomic E-state index is 0.107. The first-order valence-electron chi connectivity index (χ1n) is 6.94. The van der Waals surface area contributed by atoms with Crippen molar-refractivity contribution in [3.63, 3.8) is 0 Å². The molecule has 0 heterocycles. The molecule has 0 fully saturated rings. The number of hydrogen-bond acceptors (Lipinski definition) is 0. The van der Waals surface area contributed by atoms with Crippen LogP contribution in [-0.2, 0) is 5.41 Å². The van der Waals surface area contributed by atoms with Gasteiger partial charge in [0.05, 0.1) is 0 Å². The van der Waals surface area contributed by atoms with Crippen LogP contribution < -0.4 is 0 Å². The fourth-order valence-electron chi connectivity index (χ4n) is 3.31. The normalized spacial score (nSPS) is 15.6. The molecule has 0 heteroatoms. The molecule has 0 N–H and O–H groups in total. The molecule has 2 aromatic carbocycles. The van der Waals surface area contributed by atoms with Crippen LogP contribution in [0.15, 0.2) is 42.5 Å². The number of benzene rings is 2. The van der Waals surface area contributed by atoms with E-state index in [0.717, 1.165) is 0 Å². The Kier molecular flexibility index (Phi) is 2.63. The summed E-state index contributed by atoms with van der Waals surface area (Å²) >= 11 is 0. The summed E-state index contributed by atoms with van der Waals surface area (Å²) in [5, 5.41) is 0. The van der Waals surface area contributed by atoms with E-state index >= 15 is 0 Å². The van der Waals surface area contributed by atoms with Gasteiger partial charge in [0.25, 0.3) is 0 Å². The lowest BCUT2D eigenvalue weighted by Gasteiger charge is -2.21. The SMILES string of the molecule is C/C=C\c1c(C)ccc2c1-c1ccccc1C2(C)C. The van der Waals surface area contributed by atoms with Crippen molar-refractivity contribution < 1.29 is 0 Å². The zero-order chi connectivity index (χ0) is 13.6. The van der Waals surface area contributed by atoms with Crippen LogP contribution in [0.25, 0.3) is 17.2 Å². The van der Waals surface area contributed by atoms with Crippen molar-refractivity contribution in [2.24, 2.45) is 0 Å². The van der Waals surface area contributed by atoms with Crippen LogP contribution in [0.1, 0.15) is 43.0 Å². The smallest absolute Gasteiger partial charge is 0.0159 e. The molecule has 0 spiro atoms. The van der Waals surface area contributed by atoms with Crippen molar-refractivity contribution in [1.82, 2.24) is 0 Å². The summed E-state index contributed by atoms with van der Waals surface area (Å²) in [7, 11) is 0. The summed E-state index contributed by atoms with van der Waals surface area (Å²) in [5.41, 5.74) is 8.56. The quantitative estimate of drug-likeness (QED) is 0.639. The third-order valence-corrected chi connectivity index (χ3v) is 4.34. The van der Waals surface area contributed by atoms with Gasteiger partial charge in [0.15, 0.2) is 0 Å². The molecule has 1 aliphatic rings. The molecule has 0 bridgehead atoms. The molecule has 0 saturated carbocycles. The zero-order valence-electron chi connectivity index (χ0n) is 12.1. The van der Waals surface area contributed by atoms with Gasteiger partial charge < -0.3 is 0 Å². The van der Waals surface area contributed by atoms with Gasteiger partial charge in [-0.15, -0.1) is 0 Å². The van der Waals surface area contributed by atoms with Crippen LogP contribution in [0.4, 0.5) is 0 Å². The highest BCUT2D eigenvalue weighted by Crippen LogP contribution is 2.50. The minimum absolute atomic E-state index is 0.107. The second-order valence-electron chi connectivity index (χ2n) is 5.89. The van der Waals surface area contributed by atoms with Crippen LogP contribution in [0.5, 0.6) is 0 Å². The van der Waals surface area contributed by atoms with Crippen LogP contribution in [0, 0.1) is 6.92 Å². The first-order chi connectivity index (χ1) is 9.07. The van der Waals surface area contributed by atoms with Crippen molar-refractivity contribution in [3.8, 4) is 11.1 Å². The van der Waals surface area contributed by atoms with Crippen LogP contribution >= 0.6 is 0 Å². The standard InChI is InChI=1S/C19H20/c1-5-8-14-13(2)11-12-17-18(14)15-9-6-7-10-16(15)19(17,3)4/h5-12H,1-4H3/b8-5-. The monoisotopic (exact) mass is 248 g/mol. The lowest BCUT2D eigenvalue weighted by Crippen LogP contribution is -2.14. The summed E-state index contributed by atoms with van der Waals surface area (Å²) in [6.45, 7) is 8.94. The van der Waals surface area contributed by atoms with E-state index in [-0.39, 0.29) is 5.41 Å². The molecule has 2 aromatic rings. The molecule has 1 aliphatic carbocycles. The molecule has 3 rings (SSSR count). The predicted octanol–water partition coefficient (Wildman–Crippen LogP) is 5.33. The Morgan fingerprint density at radius 1 is 0.947 bits per heavy atom. The van der Waals surface area contributed by atoms with E-state index in [1.165, 1.54) is 33.4 Å². The average molecular weight is 248 g/mol. The molecule has 0 unspecified atom stereocenters. The van der Waals surface area contributed by atoms with E-state index in [0.29, 0.717) is 0 Å². The highest BCUT2D eigenvalue weighted by atomic mass is 14.4. The summed E-state index contributed by atoms with van der Waals surface area (Å²) in [4.78, 5) is 0. The van der Waals surface area contributed by atoms with E-state index in [4.69, 9.17) is 0 Å². The summed E-state index contributed by atoms with van der Waals surface area (Å²) in [6, 6.07) is 13.4. The molecule has 0 saturated heterocycles. The van der Waals surface area contributed by atoms with Crippen molar-refractivity contribution in [1.29, 1.82) is 0 Å². The van der Waals surface area contributed by atoms with E-state index in [1.54, 1.807) is 0 Å². The van der Waals surface area contributed by atoms with E-state index in [1.807, 2.05) is 0 Å². The summed E-state index contributed by atoms with van der Waals surface area (Å²) in [6.07, 6.45) is 4.38. The number of aryl methyl sites for hydroxylation is 1. The first-order valence-corrected chi connectivity index (χ1v) is 6.94. The lowest BCUT2D eigenvalue weighted by molar-refractivity contribution is 0.660. The third kappa shape index (κ3) is 1.59. The topological polar surface area (TPSA) is 0 Å². The van der Waals surface area contributed by atoms with Crippen LogP contribution in [0.3, 0.4) is 0 Å². The molecular weight excluding hydrogens is 228 g/mol. The summed E-state index contributed by atoms with van der Waals surface area (Å²) in [5.74, 6) is 0. The van der Waals surface area contributed by atoms with Crippen LogP contribution in [-0.4, -0.2) is 0 Å². The Morgan fingerprint density at radius 2 is 1.68 bits per heavy atom. The molecular formula is C19H20. The number of fused-ring (bicyclic) bond motifs is 3. The van der Waals surface area contributed by atoms with Gasteiger partial charge in [0.1, 0.15) is 0 Å². The summed E-state index contributed by atoms with van der Waals surface area (Å²) < 4.78 is 0. The zero-order valence-corrected chi connectivity index (χ0v) is 12.1. The average Bonchev–Trinajstić information content (AvgIpc) is 2.63. The van der Waals surface area contributed by atoms with Gasteiger partial charge in [0, 0.05) is 5.41 Å². The van der Waals surface area contributed by atoms with Gasteiger partial charge in [-0.3, -0.25) is 0 Å². The largest absolute Gasteiger partial charge is 0.0870 e. The Balaban J connectivity index is 2.44. The van der Waals surface area contributed by atoms with Crippen LogP contribution in [0.2, 0.25) is 0 Å². The highest BCUT2D eigenvalue weighted by molar-refractivity contribution is 5.88. The maximum Gasteiger partial charge on any atom is 0.0159 e. The fraction of sp³-hybridized carbons (Fsp3) is 0.263. The molecule has 0 amide bonds.